The maximum absolute atomic E-state index is 11.3. The molecule has 0 aromatic heterocycles. The van der Waals surface area contributed by atoms with E-state index in [9.17, 15) is 9.90 Å². The maximum Gasteiger partial charge on any atom is 0.330 e. The maximum atomic E-state index is 11.3. The van der Waals surface area contributed by atoms with Crippen LogP contribution in [0.5, 0.6) is 0 Å². The summed E-state index contributed by atoms with van der Waals surface area (Å²) in [5.41, 5.74) is 0.773. The van der Waals surface area contributed by atoms with Gasteiger partial charge in [0.15, 0.2) is 0 Å². The number of allylic oxidation sites excluding steroid dienone is 1. The molecule has 0 amide bonds. The van der Waals surface area contributed by atoms with Gasteiger partial charge in [-0.1, -0.05) is 18.4 Å². The molecule has 1 saturated carbocycles. The molecule has 15 heavy (non-hydrogen) atoms. The molecular weight excluding hydrogens is 192 g/mol. The number of carbonyl (C=O) groups is 1. The van der Waals surface area contributed by atoms with Gasteiger partial charge in [0.1, 0.15) is 0 Å². The van der Waals surface area contributed by atoms with Gasteiger partial charge in [0.2, 0.25) is 0 Å². The Kier molecular flexibility index (Phi) is 4.33. The Labute approximate surface area is 91.1 Å². The normalized spacial score (nSPS) is 18.6. The first-order valence-electron chi connectivity index (χ1n) is 5.50. The average Bonchev–Trinajstić information content (AvgIpc) is 2.63. The second-order valence-electron chi connectivity index (χ2n) is 4.69. The van der Waals surface area contributed by atoms with Crippen molar-refractivity contribution in [3.8, 4) is 0 Å². The second-order valence-corrected chi connectivity index (χ2v) is 4.69. The van der Waals surface area contributed by atoms with Crippen LogP contribution in [0.4, 0.5) is 0 Å². The minimum Gasteiger partial charge on any atom is -0.462 e. The quantitative estimate of drug-likeness (QED) is 0.573. The van der Waals surface area contributed by atoms with E-state index in [0.717, 1.165) is 31.3 Å². The van der Waals surface area contributed by atoms with Crippen LogP contribution in [0, 0.1) is 5.41 Å². The Hall–Kier alpha value is -0.830. The molecule has 0 aliphatic heterocycles. The van der Waals surface area contributed by atoms with Crippen molar-refractivity contribution in [2.75, 3.05) is 13.2 Å². The van der Waals surface area contributed by atoms with E-state index in [1.54, 1.807) is 0 Å². The largest absolute Gasteiger partial charge is 0.462 e. The second kappa shape index (κ2) is 5.31. The fourth-order valence-corrected chi connectivity index (χ4v) is 1.97. The lowest BCUT2D eigenvalue weighted by Gasteiger charge is -2.25. The van der Waals surface area contributed by atoms with E-state index in [0.29, 0.717) is 6.61 Å². The smallest absolute Gasteiger partial charge is 0.330 e. The van der Waals surface area contributed by atoms with E-state index in [4.69, 9.17) is 4.74 Å². The van der Waals surface area contributed by atoms with Gasteiger partial charge in [-0.3, -0.25) is 0 Å². The van der Waals surface area contributed by atoms with Gasteiger partial charge in [-0.25, -0.2) is 4.79 Å². The Bertz CT molecular complexity index is 246. The molecule has 0 heterocycles. The lowest BCUT2D eigenvalue weighted by molar-refractivity contribution is -0.142. The van der Waals surface area contributed by atoms with Crippen molar-refractivity contribution < 1.29 is 14.6 Å². The molecule has 0 saturated heterocycles. The fourth-order valence-electron chi connectivity index (χ4n) is 1.97. The number of aliphatic hydroxyl groups excluding tert-OH is 1. The predicted molar refractivity (Wildman–Crippen MR) is 58.4 cm³/mol. The number of hydrogen-bond donors (Lipinski definition) is 1. The highest BCUT2D eigenvalue weighted by molar-refractivity contribution is 5.82. The van der Waals surface area contributed by atoms with E-state index >= 15 is 0 Å². The number of aliphatic hydroxyl groups is 1. The van der Waals surface area contributed by atoms with E-state index in [1.165, 1.54) is 6.08 Å². The summed E-state index contributed by atoms with van der Waals surface area (Å²) in [6.45, 7) is 4.19. The van der Waals surface area contributed by atoms with Gasteiger partial charge in [0, 0.05) is 11.5 Å². The number of rotatable bonds is 4. The molecular formula is C12H20O3. The summed E-state index contributed by atoms with van der Waals surface area (Å²) in [4.78, 5) is 11.3. The zero-order chi connectivity index (χ0) is 11.3. The van der Waals surface area contributed by atoms with Gasteiger partial charge < -0.3 is 9.84 Å². The van der Waals surface area contributed by atoms with E-state index in [2.05, 4.69) is 0 Å². The molecule has 86 valence electrons. The van der Waals surface area contributed by atoms with E-state index < -0.39 is 0 Å². The molecule has 1 fully saturated rings. The van der Waals surface area contributed by atoms with Crippen molar-refractivity contribution in [3.05, 3.63) is 11.6 Å². The Balaban J connectivity index is 2.41. The Morgan fingerprint density at radius 2 is 2.00 bits per heavy atom. The van der Waals surface area contributed by atoms with Crippen molar-refractivity contribution in [2.45, 2.75) is 39.5 Å². The molecule has 0 spiro atoms. The molecule has 1 aliphatic rings. The zero-order valence-corrected chi connectivity index (χ0v) is 9.58. The van der Waals surface area contributed by atoms with E-state index in [1.807, 2.05) is 13.8 Å². The molecule has 0 radical (unpaired) electrons. The molecule has 0 aromatic carbocycles. The van der Waals surface area contributed by atoms with Gasteiger partial charge in [0.05, 0.1) is 13.2 Å². The van der Waals surface area contributed by atoms with Crippen molar-refractivity contribution in [2.24, 2.45) is 5.41 Å². The lowest BCUT2D eigenvalue weighted by Crippen LogP contribution is -2.28. The Morgan fingerprint density at radius 3 is 2.47 bits per heavy atom. The minimum absolute atomic E-state index is 0.120. The third-order valence-electron chi connectivity index (χ3n) is 2.93. The van der Waals surface area contributed by atoms with Crippen LogP contribution in [0.1, 0.15) is 39.5 Å². The van der Waals surface area contributed by atoms with Gasteiger partial charge in [-0.15, -0.1) is 0 Å². The average molecular weight is 212 g/mol. The molecule has 1 N–H and O–H groups in total. The Morgan fingerprint density at radius 1 is 1.40 bits per heavy atom. The molecule has 0 unspecified atom stereocenters. The van der Waals surface area contributed by atoms with Crippen LogP contribution < -0.4 is 0 Å². The van der Waals surface area contributed by atoms with Crippen LogP contribution in [0.2, 0.25) is 0 Å². The van der Waals surface area contributed by atoms with Crippen LogP contribution >= 0.6 is 0 Å². The summed E-state index contributed by atoms with van der Waals surface area (Å²) in [5, 5.41) is 9.30. The first-order chi connectivity index (χ1) is 7.08. The summed E-state index contributed by atoms with van der Waals surface area (Å²) >= 11 is 0. The van der Waals surface area contributed by atoms with Gasteiger partial charge in [0.25, 0.3) is 0 Å². The highest BCUT2D eigenvalue weighted by Gasteiger charge is 2.34. The molecule has 3 nitrogen and oxygen atoms in total. The van der Waals surface area contributed by atoms with Crippen molar-refractivity contribution >= 4 is 5.97 Å². The standard InChI is InChI=1S/C12H20O3/c1-10(2)7-11(14)15-9-12(8-13)5-3-4-6-12/h7,13H,3-6,8-9H2,1-2H3. The van der Waals surface area contributed by atoms with Crippen molar-refractivity contribution in [3.63, 3.8) is 0 Å². The first-order valence-corrected chi connectivity index (χ1v) is 5.50. The number of ether oxygens (including phenoxy) is 1. The third kappa shape index (κ3) is 3.67. The fraction of sp³-hybridized carbons (Fsp3) is 0.750. The summed E-state index contributed by atoms with van der Waals surface area (Å²) in [5.74, 6) is -0.297. The number of carbonyl (C=O) groups excluding carboxylic acids is 1. The molecule has 3 heteroatoms. The van der Waals surface area contributed by atoms with E-state index in [-0.39, 0.29) is 18.0 Å². The number of hydrogen-bond acceptors (Lipinski definition) is 3. The van der Waals surface area contributed by atoms with Crippen LogP contribution in [-0.2, 0) is 9.53 Å². The topological polar surface area (TPSA) is 46.5 Å². The predicted octanol–water partition coefficient (Wildman–Crippen LogP) is 2.05. The SMILES string of the molecule is CC(C)=CC(=O)OCC1(CO)CCCC1. The van der Waals surface area contributed by atoms with Gasteiger partial charge in [-0.05, 0) is 26.7 Å². The third-order valence-corrected chi connectivity index (χ3v) is 2.93. The molecule has 0 atom stereocenters. The van der Waals surface area contributed by atoms with Gasteiger partial charge >= 0.3 is 5.97 Å². The highest BCUT2D eigenvalue weighted by Crippen LogP contribution is 2.37. The van der Waals surface area contributed by atoms with Crippen LogP contribution in [0.15, 0.2) is 11.6 Å². The number of esters is 1. The summed E-state index contributed by atoms with van der Waals surface area (Å²) in [6, 6.07) is 0. The van der Waals surface area contributed by atoms with Crippen LogP contribution in [-0.4, -0.2) is 24.3 Å². The van der Waals surface area contributed by atoms with Crippen molar-refractivity contribution in [1.29, 1.82) is 0 Å². The molecule has 1 rings (SSSR count). The molecule has 0 bridgehead atoms. The highest BCUT2D eigenvalue weighted by atomic mass is 16.5. The molecule has 1 aliphatic carbocycles. The van der Waals surface area contributed by atoms with Crippen LogP contribution in [0.3, 0.4) is 0 Å². The summed E-state index contributed by atoms with van der Waals surface area (Å²) in [7, 11) is 0. The lowest BCUT2D eigenvalue weighted by atomic mass is 9.88. The summed E-state index contributed by atoms with van der Waals surface area (Å²) < 4.78 is 5.16. The monoisotopic (exact) mass is 212 g/mol. The van der Waals surface area contributed by atoms with Crippen LogP contribution in [0.25, 0.3) is 0 Å². The minimum atomic E-state index is -0.297. The van der Waals surface area contributed by atoms with Gasteiger partial charge in [-0.2, -0.15) is 0 Å². The molecule has 0 aromatic rings. The van der Waals surface area contributed by atoms with Crippen molar-refractivity contribution in [1.82, 2.24) is 0 Å². The summed E-state index contributed by atoms with van der Waals surface area (Å²) in [6.07, 6.45) is 5.67. The zero-order valence-electron chi connectivity index (χ0n) is 9.58. The first kappa shape index (κ1) is 12.2.